The molecule has 10 heteroatoms. The van der Waals surface area contributed by atoms with Crippen molar-refractivity contribution in [1.29, 1.82) is 0 Å². The number of imidazole rings is 1. The molecule has 0 saturated heterocycles. The van der Waals surface area contributed by atoms with E-state index in [0.29, 0.717) is 39.2 Å². The van der Waals surface area contributed by atoms with Crippen LogP contribution in [-0.4, -0.2) is 36.0 Å². The molecular weight excluding hydrogens is 477 g/mol. The van der Waals surface area contributed by atoms with Crippen molar-refractivity contribution in [1.82, 2.24) is 30.1 Å². The summed E-state index contributed by atoms with van der Waals surface area (Å²) in [5, 5.41) is 12.8. The molecule has 0 spiro atoms. The minimum atomic E-state index is -0.430. The zero-order valence-corrected chi connectivity index (χ0v) is 20.2. The van der Waals surface area contributed by atoms with Crippen molar-refractivity contribution in [2.24, 2.45) is 5.92 Å². The zero-order valence-electron chi connectivity index (χ0n) is 19.3. The van der Waals surface area contributed by atoms with Crippen LogP contribution in [0.4, 0.5) is 10.1 Å². The lowest BCUT2D eigenvalue weighted by Gasteiger charge is -2.09. The largest absolute Gasteiger partial charge is 0.336 e. The summed E-state index contributed by atoms with van der Waals surface area (Å²) in [5.74, 6) is -0.200. The quantitative estimate of drug-likeness (QED) is 0.269. The molecule has 0 atom stereocenters. The first-order chi connectivity index (χ1) is 17.5. The smallest absolute Gasteiger partial charge is 0.226 e. The van der Waals surface area contributed by atoms with E-state index >= 15 is 4.39 Å². The summed E-state index contributed by atoms with van der Waals surface area (Å²) in [6, 6.07) is 10.7. The van der Waals surface area contributed by atoms with Crippen LogP contribution in [0.15, 0.2) is 60.4 Å². The van der Waals surface area contributed by atoms with Gasteiger partial charge in [0, 0.05) is 40.9 Å². The van der Waals surface area contributed by atoms with Gasteiger partial charge in [0.05, 0.1) is 27.8 Å². The third-order valence-corrected chi connectivity index (χ3v) is 6.75. The summed E-state index contributed by atoms with van der Waals surface area (Å²) in [4.78, 5) is 30.0. The molecule has 0 unspecified atom stereocenters. The SMILES string of the molecule is CC(C)C(=O)Nc1cncc(-c2cc3c(-c4nc5c(-c6cccs6)nccc5[nH]4)n[nH]c3cc2F)c1. The number of carbonyl (C=O) groups is 1. The van der Waals surface area contributed by atoms with Gasteiger partial charge in [0.1, 0.15) is 22.7 Å². The van der Waals surface area contributed by atoms with Crippen LogP contribution >= 0.6 is 11.3 Å². The average molecular weight is 498 g/mol. The van der Waals surface area contributed by atoms with E-state index in [0.717, 1.165) is 21.6 Å². The lowest BCUT2D eigenvalue weighted by Crippen LogP contribution is -2.17. The molecule has 1 amide bonds. The zero-order chi connectivity index (χ0) is 24.8. The number of hydrogen-bond donors (Lipinski definition) is 3. The number of aromatic amines is 2. The van der Waals surface area contributed by atoms with Crippen LogP contribution in [0.5, 0.6) is 0 Å². The van der Waals surface area contributed by atoms with E-state index in [1.54, 1.807) is 49.7 Å². The predicted molar refractivity (Wildman–Crippen MR) is 139 cm³/mol. The van der Waals surface area contributed by atoms with Gasteiger partial charge >= 0.3 is 0 Å². The Bertz CT molecular complexity index is 1740. The van der Waals surface area contributed by atoms with E-state index in [9.17, 15) is 4.79 Å². The summed E-state index contributed by atoms with van der Waals surface area (Å²) in [5.41, 5.74) is 4.86. The van der Waals surface area contributed by atoms with Gasteiger partial charge in [0.25, 0.3) is 0 Å². The second-order valence-corrected chi connectivity index (χ2v) is 9.62. The van der Waals surface area contributed by atoms with Gasteiger partial charge in [-0.15, -0.1) is 11.3 Å². The summed E-state index contributed by atoms with van der Waals surface area (Å²) < 4.78 is 15.1. The fraction of sp³-hybridized carbons (Fsp3) is 0.115. The van der Waals surface area contributed by atoms with E-state index in [-0.39, 0.29) is 11.8 Å². The maximum absolute atomic E-state index is 15.1. The van der Waals surface area contributed by atoms with Crippen LogP contribution in [0.1, 0.15) is 13.8 Å². The number of carbonyl (C=O) groups excluding carboxylic acids is 1. The maximum atomic E-state index is 15.1. The van der Waals surface area contributed by atoms with E-state index in [4.69, 9.17) is 4.98 Å². The Kier molecular flexibility index (Phi) is 5.30. The number of nitrogens with zero attached hydrogens (tertiary/aromatic N) is 4. The fourth-order valence-electron chi connectivity index (χ4n) is 4.02. The van der Waals surface area contributed by atoms with Crippen LogP contribution in [0, 0.1) is 11.7 Å². The number of thiophene rings is 1. The van der Waals surface area contributed by atoms with Crippen molar-refractivity contribution in [3.8, 4) is 33.2 Å². The molecule has 178 valence electrons. The molecule has 0 radical (unpaired) electrons. The molecule has 0 aliphatic rings. The fourth-order valence-corrected chi connectivity index (χ4v) is 4.74. The number of pyridine rings is 2. The highest BCUT2D eigenvalue weighted by Crippen LogP contribution is 2.34. The third kappa shape index (κ3) is 3.81. The Hall–Kier alpha value is -4.44. The lowest BCUT2D eigenvalue weighted by molar-refractivity contribution is -0.118. The molecule has 6 aromatic rings. The van der Waals surface area contributed by atoms with Crippen molar-refractivity contribution < 1.29 is 9.18 Å². The first-order valence-corrected chi connectivity index (χ1v) is 12.2. The summed E-state index contributed by atoms with van der Waals surface area (Å²) in [6.07, 6.45) is 4.85. The molecule has 0 aliphatic carbocycles. The monoisotopic (exact) mass is 497 g/mol. The number of benzene rings is 1. The molecule has 0 fully saturated rings. The van der Waals surface area contributed by atoms with E-state index in [1.165, 1.54) is 12.3 Å². The number of amides is 1. The number of aromatic nitrogens is 6. The number of fused-ring (bicyclic) bond motifs is 2. The van der Waals surface area contributed by atoms with Crippen molar-refractivity contribution in [3.05, 3.63) is 66.2 Å². The Morgan fingerprint density at radius 3 is 2.81 bits per heavy atom. The number of hydrogen-bond acceptors (Lipinski definition) is 6. The minimum absolute atomic E-state index is 0.136. The minimum Gasteiger partial charge on any atom is -0.336 e. The Morgan fingerprint density at radius 1 is 1.11 bits per heavy atom. The normalized spacial score (nSPS) is 11.6. The highest BCUT2D eigenvalue weighted by molar-refractivity contribution is 7.13. The standard InChI is InChI=1S/C26H20FN7OS/c1-13(2)26(35)30-15-8-14(11-28-12-15)16-9-17-20(10-18(16)27)33-34-22(17)25-31-19-5-6-29-24(23(19)32-25)21-4-3-7-36-21/h3-13H,1-2H3,(H,30,35)(H,31,32)(H,33,34). The van der Waals surface area contributed by atoms with Crippen LogP contribution in [0.2, 0.25) is 0 Å². The van der Waals surface area contributed by atoms with Crippen LogP contribution in [-0.2, 0) is 4.79 Å². The van der Waals surface area contributed by atoms with Gasteiger partial charge in [0.2, 0.25) is 5.91 Å². The number of rotatable bonds is 5. The molecule has 3 N–H and O–H groups in total. The van der Waals surface area contributed by atoms with E-state index in [1.807, 2.05) is 23.6 Å². The van der Waals surface area contributed by atoms with Gasteiger partial charge in [-0.2, -0.15) is 5.10 Å². The number of halogens is 1. The summed E-state index contributed by atoms with van der Waals surface area (Å²) in [6.45, 7) is 3.61. The van der Waals surface area contributed by atoms with E-state index < -0.39 is 5.82 Å². The van der Waals surface area contributed by atoms with Crippen LogP contribution in [0.25, 0.3) is 55.2 Å². The van der Waals surface area contributed by atoms with Gasteiger partial charge in [0.15, 0.2) is 5.82 Å². The Morgan fingerprint density at radius 2 is 2.00 bits per heavy atom. The molecule has 5 aromatic heterocycles. The maximum Gasteiger partial charge on any atom is 0.226 e. The first-order valence-electron chi connectivity index (χ1n) is 11.3. The summed E-state index contributed by atoms with van der Waals surface area (Å²) in [7, 11) is 0. The summed E-state index contributed by atoms with van der Waals surface area (Å²) >= 11 is 1.60. The van der Waals surface area contributed by atoms with Crippen molar-refractivity contribution in [2.45, 2.75) is 13.8 Å². The average Bonchev–Trinajstić information content (AvgIpc) is 3.62. The highest BCUT2D eigenvalue weighted by Gasteiger charge is 2.19. The predicted octanol–water partition coefficient (Wildman–Crippen LogP) is 6.03. The number of nitrogens with one attached hydrogen (secondary N) is 3. The number of anilines is 1. The first kappa shape index (κ1) is 22.1. The highest BCUT2D eigenvalue weighted by atomic mass is 32.1. The second-order valence-electron chi connectivity index (χ2n) is 8.67. The Labute approximate surface area is 208 Å². The third-order valence-electron chi connectivity index (χ3n) is 5.87. The number of H-pyrrole nitrogens is 2. The molecule has 0 saturated carbocycles. The molecule has 0 aliphatic heterocycles. The molecule has 0 bridgehead atoms. The lowest BCUT2D eigenvalue weighted by atomic mass is 10.0. The van der Waals surface area contributed by atoms with Gasteiger partial charge in [-0.1, -0.05) is 19.9 Å². The van der Waals surface area contributed by atoms with Gasteiger partial charge in [-0.3, -0.25) is 19.9 Å². The molecule has 8 nitrogen and oxygen atoms in total. The van der Waals surface area contributed by atoms with Crippen molar-refractivity contribution >= 4 is 44.9 Å². The van der Waals surface area contributed by atoms with Crippen LogP contribution < -0.4 is 5.32 Å². The van der Waals surface area contributed by atoms with E-state index in [2.05, 4.69) is 30.5 Å². The molecule has 5 heterocycles. The van der Waals surface area contributed by atoms with Gasteiger partial charge in [-0.05, 0) is 29.6 Å². The molecule has 1 aromatic carbocycles. The van der Waals surface area contributed by atoms with Gasteiger partial charge in [-0.25, -0.2) is 9.37 Å². The molecule has 6 rings (SSSR count). The van der Waals surface area contributed by atoms with Gasteiger partial charge < -0.3 is 10.3 Å². The topological polar surface area (TPSA) is 112 Å². The molecular formula is C26H20FN7OS. The van der Waals surface area contributed by atoms with Crippen molar-refractivity contribution in [3.63, 3.8) is 0 Å². The second kappa shape index (κ2) is 8.65. The molecule has 36 heavy (non-hydrogen) atoms. The van der Waals surface area contributed by atoms with Crippen molar-refractivity contribution in [2.75, 3.05) is 5.32 Å². The Balaban J connectivity index is 1.44. The van der Waals surface area contributed by atoms with Crippen LogP contribution in [0.3, 0.4) is 0 Å².